The van der Waals surface area contributed by atoms with Crippen molar-refractivity contribution in [1.29, 1.82) is 0 Å². The number of carboxylic acid groups (broad SMARTS) is 1. The summed E-state index contributed by atoms with van der Waals surface area (Å²) in [7, 11) is 2.95. The number of hydrogen-bond acceptors (Lipinski definition) is 4. The Morgan fingerprint density at radius 1 is 1.43 bits per heavy atom. The van der Waals surface area contributed by atoms with E-state index in [1.54, 1.807) is 6.92 Å². The largest absolute Gasteiger partial charge is 0.481 e. The standard InChI is InChI=1S/C9H18O5/c1-9(12,5-4-7(10)11)6-8(13-2)14-3/h8,12H,4-6H2,1-3H3,(H,10,11). The molecular formula is C9H18O5. The molecule has 0 saturated carbocycles. The number of aliphatic carboxylic acids is 1. The van der Waals surface area contributed by atoms with Crippen LogP contribution in [0.4, 0.5) is 0 Å². The van der Waals surface area contributed by atoms with Crippen LogP contribution in [-0.2, 0) is 14.3 Å². The number of hydrogen-bond donors (Lipinski definition) is 2. The molecular weight excluding hydrogens is 188 g/mol. The summed E-state index contributed by atoms with van der Waals surface area (Å²) >= 11 is 0. The Kier molecular flexibility index (Phi) is 5.68. The SMILES string of the molecule is COC(CC(C)(O)CCC(=O)O)OC. The summed E-state index contributed by atoms with van der Waals surface area (Å²) in [5.41, 5.74) is -1.07. The van der Waals surface area contributed by atoms with Gasteiger partial charge in [0.2, 0.25) is 0 Å². The molecule has 5 nitrogen and oxygen atoms in total. The molecule has 0 aliphatic carbocycles. The van der Waals surface area contributed by atoms with Crippen molar-refractivity contribution in [3.8, 4) is 0 Å². The predicted octanol–water partition coefficient (Wildman–Crippen LogP) is 0.611. The monoisotopic (exact) mass is 206 g/mol. The Labute approximate surface area is 83.6 Å². The number of aliphatic hydroxyl groups is 1. The van der Waals surface area contributed by atoms with Crippen LogP contribution in [0.2, 0.25) is 0 Å². The molecule has 0 aromatic rings. The maximum atomic E-state index is 10.3. The van der Waals surface area contributed by atoms with Crippen molar-refractivity contribution in [2.45, 2.75) is 38.1 Å². The summed E-state index contributed by atoms with van der Waals surface area (Å²) in [4.78, 5) is 10.3. The predicted molar refractivity (Wildman–Crippen MR) is 49.9 cm³/mol. The van der Waals surface area contributed by atoms with Crippen LogP contribution >= 0.6 is 0 Å². The lowest BCUT2D eigenvalue weighted by molar-refractivity contribution is -0.148. The highest BCUT2D eigenvalue weighted by Crippen LogP contribution is 2.20. The van der Waals surface area contributed by atoms with Gasteiger partial charge in [0.15, 0.2) is 6.29 Å². The first kappa shape index (κ1) is 13.4. The molecule has 5 heteroatoms. The Morgan fingerprint density at radius 3 is 2.29 bits per heavy atom. The summed E-state index contributed by atoms with van der Waals surface area (Å²) in [6.45, 7) is 1.57. The third-order valence-corrected chi connectivity index (χ3v) is 2.01. The van der Waals surface area contributed by atoms with E-state index in [1.165, 1.54) is 14.2 Å². The number of ether oxygens (including phenoxy) is 2. The maximum absolute atomic E-state index is 10.3. The minimum absolute atomic E-state index is 0.0624. The summed E-state index contributed by atoms with van der Waals surface area (Å²) in [6.07, 6.45) is -0.120. The van der Waals surface area contributed by atoms with Crippen LogP contribution in [0.5, 0.6) is 0 Å². The van der Waals surface area contributed by atoms with E-state index in [-0.39, 0.29) is 19.3 Å². The highest BCUT2D eigenvalue weighted by molar-refractivity contribution is 5.66. The number of carbonyl (C=O) groups is 1. The van der Waals surface area contributed by atoms with Crippen LogP contribution in [0.15, 0.2) is 0 Å². The maximum Gasteiger partial charge on any atom is 0.303 e. The number of rotatable bonds is 7. The lowest BCUT2D eigenvalue weighted by atomic mass is 9.96. The van der Waals surface area contributed by atoms with E-state index in [1.807, 2.05) is 0 Å². The molecule has 0 bridgehead atoms. The van der Waals surface area contributed by atoms with Crippen molar-refractivity contribution in [1.82, 2.24) is 0 Å². The van der Waals surface area contributed by atoms with E-state index < -0.39 is 17.9 Å². The van der Waals surface area contributed by atoms with Crippen LogP contribution in [0, 0.1) is 0 Å². The van der Waals surface area contributed by atoms with Crippen molar-refractivity contribution in [3.63, 3.8) is 0 Å². The Bertz CT molecular complexity index is 174. The first-order chi connectivity index (χ1) is 6.41. The minimum atomic E-state index is -1.07. The molecule has 14 heavy (non-hydrogen) atoms. The van der Waals surface area contributed by atoms with Crippen molar-refractivity contribution >= 4 is 5.97 Å². The molecule has 0 spiro atoms. The molecule has 0 saturated heterocycles. The lowest BCUT2D eigenvalue weighted by Crippen LogP contribution is -2.32. The molecule has 0 fully saturated rings. The van der Waals surface area contributed by atoms with Gasteiger partial charge in [-0.15, -0.1) is 0 Å². The highest BCUT2D eigenvalue weighted by Gasteiger charge is 2.26. The molecule has 0 heterocycles. The van der Waals surface area contributed by atoms with Gasteiger partial charge in [-0.3, -0.25) is 4.79 Å². The molecule has 0 aliphatic heterocycles. The first-order valence-corrected chi connectivity index (χ1v) is 4.41. The topological polar surface area (TPSA) is 76.0 Å². The van der Waals surface area contributed by atoms with Gasteiger partial charge in [-0.1, -0.05) is 0 Å². The van der Waals surface area contributed by atoms with Crippen LogP contribution in [0.1, 0.15) is 26.2 Å². The van der Waals surface area contributed by atoms with Crippen LogP contribution < -0.4 is 0 Å². The molecule has 1 atom stereocenters. The molecule has 0 aromatic carbocycles. The second-order valence-electron chi connectivity index (χ2n) is 3.50. The van der Waals surface area contributed by atoms with E-state index in [9.17, 15) is 9.90 Å². The van der Waals surface area contributed by atoms with Crippen molar-refractivity contribution in [3.05, 3.63) is 0 Å². The molecule has 0 aliphatic rings. The fraction of sp³-hybridized carbons (Fsp3) is 0.889. The van der Waals surface area contributed by atoms with Gasteiger partial charge in [0, 0.05) is 27.1 Å². The van der Waals surface area contributed by atoms with E-state index in [4.69, 9.17) is 14.6 Å². The van der Waals surface area contributed by atoms with Crippen molar-refractivity contribution < 1.29 is 24.5 Å². The van der Waals surface area contributed by atoms with Crippen LogP contribution in [0.25, 0.3) is 0 Å². The third-order valence-electron chi connectivity index (χ3n) is 2.01. The number of carboxylic acids is 1. The quantitative estimate of drug-likeness (QED) is 0.597. The molecule has 0 radical (unpaired) electrons. The van der Waals surface area contributed by atoms with Gasteiger partial charge >= 0.3 is 5.97 Å². The second-order valence-corrected chi connectivity index (χ2v) is 3.50. The third kappa shape index (κ3) is 5.90. The van der Waals surface area contributed by atoms with Gasteiger partial charge in [-0.2, -0.15) is 0 Å². The van der Waals surface area contributed by atoms with Gasteiger partial charge < -0.3 is 19.7 Å². The second kappa shape index (κ2) is 5.95. The van der Waals surface area contributed by atoms with Gasteiger partial charge in [0.05, 0.1) is 5.60 Å². The Morgan fingerprint density at radius 2 is 1.93 bits per heavy atom. The van der Waals surface area contributed by atoms with Gasteiger partial charge in [0.1, 0.15) is 0 Å². The smallest absolute Gasteiger partial charge is 0.303 e. The zero-order chi connectivity index (χ0) is 11.2. The van der Waals surface area contributed by atoms with Gasteiger partial charge in [-0.25, -0.2) is 0 Å². The summed E-state index contributed by atoms with van der Waals surface area (Å²) in [5.74, 6) is -0.920. The van der Waals surface area contributed by atoms with E-state index in [2.05, 4.69) is 0 Å². The first-order valence-electron chi connectivity index (χ1n) is 4.41. The summed E-state index contributed by atoms with van der Waals surface area (Å²) in [5, 5.41) is 18.2. The van der Waals surface area contributed by atoms with E-state index in [0.29, 0.717) is 0 Å². The zero-order valence-electron chi connectivity index (χ0n) is 8.82. The lowest BCUT2D eigenvalue weighted by Gasteiger charge is -2.26. The molecule has 2 N–H and O–H groups in total. The highest BCUT2D eigenvalue weighted by atomic mass is 16.7. The van der Waals surface area contributed by atoms with Crippen molar-refractivity contribution in [2.75, 3.05) is 14.2 Å². The van der Waals surface area contributed by atoms with Crippen LogP contribution in [-0.4, -0.2) is 42.3 Å². The molecule has 84 valence electrons. The van der Waals surface area contributed by atoms with E-state index in [0.717, 1.165) is 0 Å². The summed E-state index contributed by atoms with van der Waals surface area (Å²) in [6, 6.07) is 0. The Balaban J connectivity index is 3.97. The molecule has 0 amide bonds. The minimum Gasteiger partial charge on any atom is -0.481 e. The molecule has 0 aromatic heterocycles. The normalized spacial score (nSPS) is 15.5. The molecule has 1 unspecified atom stereocenters. The Hall–Kier alpha value is -0.650. The van der Waals surface area contributed by atoms with Crippen molar-refractivity contribution in [2.24, 2.45) is 0 Å². The molecule has 0 rings (SSSR count). The average Bonchev–Trinajstić information content (AvgIpc) is 2.11. The zero-order valence-corrected chi connectivity index (χ0v) is 8.82. The van der Waals surface area contributed by atoms with Gasteiger partial charge in [0.25, 0.3) is 0 Å². The average molecular weight is 206 g/mol. The van der Waals surface area contributed by atoms with E-state index >= 15 is 0 Å². The fourth-order valence-electron chi connectivity index (χ4n) is 1.10. The fourth-order valence-corrected chi connectivity index (χ4v) is 1.10. The van der Waals surface area contributed by atoms with Crippen LogP contribution in [0.3, 0.4) is 0 Å². The van der Waals surface area contributed by atoms with Gasteiger partial charge in [-0.05, 0) is 13.3 Å². The summed E-state index contributed by atoms with van der Waals surface area (Å²) < 4.78 is 9.82. The number of methoxy groups -OCH3 is 2.